The van der Waals surface area contributed by atoms with Crippen molar-refractivity contribution in [2.75, 3.05) is 18.6 Å². The van der Waals surface area contributed by atoms with Crippen LogP contribution in [-0.2, 0) is 4.74 Å². The molecular weight excluding hydrogens is 293 g/mol. The lowest BCUT2D eigenvalue weighted by Gasteiger charge is -2.12. The summed E-state index contributed by atoms with van der Waals surface area (Å²) in [6.45, 7) is 0. The number of nitro groups is 1. The molecule has 8 heteroatoms. The fourth-order valence-corrected chi connectivity index (χ4v) is 2.07. The predicted molar refractivity (Wildman–Crippen MR) is 78.7 cm³/mol. The standard InChI is InChI=1S/C14H12FN3O4/c1-22-14(19)8-3-2-4-10(16)12(8)7-5-9(15)13(17)11(6-7)18(20)21/h2-6H,16-17H2,1H3. The minimum absolute atomic E-state index is 0.0666. The van der Waals surface area contributed by atoms with Crippen LogP contribution in [0.2, 0.25) is 0 Å². The number of hydrogen-bond donors (Lipinski definition) is 2. The zero-order valence-corrected chi connectivity index (χ0v) is 11.5. The van der Waals surface area contributed by atoms with Gasteiger partial charge in [-0.3, -0.25) is 10.1 Å². The van der Waals surface area contributed by atoms with Crippen molar-refractivity contribution in [3.63, 3.8) is 0 Å². The number of nitrogens with zero attached hydrogens (tertiary/aromatic N) is 1. The van der Waals surface area contributed by atoms with Gasteiger partial charge in [0.1, 0.15) is 5.69 Å². The van der Waals surface area contributed by atoms with E-state index in [2.05, 4.69) is 4.74 Å². The Kier molecular flexibility index (Phi) is 3.93. The molecule has 2 rings (SSSR count). The third-order valence-electron chi connectivity index (χ3n) is 3.10. The highest BCUT2D eigenvalue weighted by atomic mass is 19.1. The molecule has 0 atom stereocenters. The van der Waals surface area contributed by atoms with Gasteiger partial charge in [0.05, 0.1) is 17.6 Å². The summed E-state index contributed by atoms with van der Waals surface area (Å²) >= 11 is 0. The number of rotatable bonds is 3. The van der Waals surface area contributed by atoms with Gasteiger partial charge in [-0.15, -0.1) is 0 Å². The Morgan fingerprint density at radius 1 is 1.32 bits per heavy atom. The van der Waals surface area contributed by atoms with Gasteiger partial charge in [0, 0.05) is 17.3 Å². The Balaban J connectivity index is 2.77. The number of carbonyl (C=O) groups is 1. The second-order valence-corrected chi connectivity index (χ2v) is 4.41. The third kappa shape index (κ3) is 2.53. The van der Waals surface area contributed by atoms with E-state index >= 15 is 0 Å². The molecule has 0 amide bonds. The summed E-state index contributed by atoms with van der Waals surface area (Å²) in [6.07, 6.45) is 0. The second kappa shape index (κ2) is 5.68. The van der Waals surface area contributed by atoms with Crippen molar-refractivity contribution in [1.82, 2.24) is 0 Å². The van der Waals surface area contributed by atoms with Crippen LogP contribution < -0.4 is 11.5 Å². The van der Waals surface area contributed by atoms with Crippen molar-refractivity contribution in [2.24, 2.45) is 0 Å². The lowest BCUT2D eigenvalue weighted by atomic mass is 9.96. The molecule has 0 aliphatic rings. The molecule has 22 heavy (non-hydrogen) atoms. The second-order valence-electron chi connectivity index (χ2n) is 4.41. The lowest BCUT2D eigenvalue weighted by Crippen LogP contribution is -2.07. The third-order valence-corrected chi connectivity index (χ3v) is 3.10. The number of methoxy groups -OCH3 is 1. The Morgan fingerprint density at radius 2 is 2.00 bits per heavy atom. The van der Waals surface area contributed by atoms with E-state index < -0.39 is 28.1 Å². The molecule has 0 unspecified atom stereocenters. The molecule has 0 spiro atoms. The average molecular weight is 305 g/mol. The molecule has 0 aliphatic heterocycles. The van der Waals surface area contributed by atoms with Gasteiger partial charge in [-0.2, -0.15) is 0 Å². The Morgan fingerprint density at radius 3 is 2.59 bits per heavy atom. The van der Waals surface area contributed by atoms with Crippen molar-refractivity contribution < 1.29 is 18.8 Å². The number of benzene rings is 2. The first-order valence-electron chi connectivity index (χ1n) is 6.07. The maximum absolute atomic E-state index is 13.8. The number of hydrogen-bond acceptors (Lipinski definition) is 6. The number of halogens is 1. The quantitative estimate of drug-likeness (QED) is 0.388. The van der Waals surface area contributed by atoms with Crippen LogP contribution in [0.4, 0.5) is 21.5 Å². The topological polar surface area (TPSA) is 121 Å². The van der Waals surface area contributed by atoms with Gasteiger partial charge in [0.15, 0.2) is 5.82 Å². The first kappa shape index (κ1) is 15.2. The number of ether oxygens (including phenoxy) is 1. The number of esters is 1. The monoisotopic (exact) mass is 305 g/mol. The minimum atomic E-state index is -0.969. The molecule has 0 bridgehead atoms. The summed E-state index contributed by atoms with van der Waals surface area (Å²) in [5.74, 6) is -1.66. The van der Waals surface area contributed by atoms with Gasteiger partial charge in [0.2, 0.25) is 0 Å². The first-order chi connectivity index (χ1) is 10.4. The molecule has 0 aliphatic carbocycles. The van der Waals surface area contributed by atoms with Gasteiger partial charge >= 0.3 is 5.97 Å². The number of carbonyl (C=O) groups excluding carboxylic acids is 1. The number of nitro benzene ring substituents is 1. The van der Waals surface area contributed by atoms with Crippen molar-refractivity contribution in [1.29, 1.82) is 0 Å². The molecule has 0 aromatic heterocycles. The van der Waals surface area contributed by atoms with E-state index in [1.54, 1.807) is 0 Å². The summed E-state index contributed by atoms with van der Waals surface area (Å²) in [6, 6.07) is 6.49. The van der Waals surface area contributed by atoms with Gasteiger partial charge < -0.3 is 16.2 Å². The molecular formula is C14H12FN3O4. The van der Waals surface area contributed by atoms with Crippen LogP contribution in [-0.4, -0.2) is 18.0 Å². The van der Waals surface area contributed by atoms with Crippen molar-refractivity contribution in [3.8, 4) is 11.1 Å². The van der Waals surface area contributed by atoms with Crippen LogP contribution in [0.25, 0.3) is 11.1 Å². The van der Waals surface area contributed by atoms with Gasteiger partial charge in [0.25, 0.3) is 5.69 Å². The molecule has 0 saturated heterocycles. The summed E-state index contributed by atoms with van der Waals surface area (Å²) < 4.78 is 18.5. The fraction of sp³-hybridized carbons (Fsp3) is 0.0714. The number of anilines is 2. The first-order valence-corrected chi connectivity index (χ1v) is 6.07. The van der Waals surface area contributed by atoms with Crippen LogP contribution in [0.1, 0.15) is 10.4 Å². The van der Waals surface area contributed by atoms with E-state index in [4.69, 9.17) is 11.5 Å². The van der Waals surface area contributed by atoms with Crippen LogP contribution in [0.3, 0.4) is 0 Å². The zero-order valence-electron chi connectivity index (χ0n) is 11.5. The van der Waals surface area contributed by atoms with Crippen LogP contribution >= 0.6 is 0 Å². The summed E-state index contributed by atoms with van der Waals surface area (Å²) in [5.41, 5.74) is 10.4. The maximum Gasteiger partial charge on any atom is 0.338 e. The SMILES string of the molecule is COC(=O)c1cccc(N)c1-c1cc(F)c(N)c([N+](=O)[O-])c1. The fourth-order valence-electron chi connectivity index (χ4n) is 2.07. The highest BCUT2D eigenvalue weighted by molar-refractivity contribution is 6.01. The van der Waals surface area contributed by atoms with E-state index in [0.717, 1.165) is 12.1 Å². The van der Waals surface area contributed by atoms with Crippen LogP contribution in [0, 0.1) is 15.9 Å². The van der Waals surface area contributed by atoms with E-state index in [1.807, 2.05) is 0 Å². The van der Waals surface area contributed by atoms with Crippen molar-refractivity contribution >= 4 is 23.0 Å². The predicted octanol–water partition coefficient (Wildman–Crippen LogP) is 2.35. The van der Waals surface area contributed by atoms with E-state index in [-0.39, 0.29) is 22.4 Å². The van der Waals surface area contributed by atoms with Crippen LogP contribution in [0.15, 0.2) is 30.3 Å². The smallest absolute Gasteiger partial charge is 0.338 e. The van der Waals surface area contributed by atoms with E-state index in [0.29, 0.717) is 0 Å². The van der Waals surface area contributed by atoms with Gasteiger partial charge in [-0.25, -0.2) is 9.18 Å². The largest absolute Gasteiger partial charge is 0.465 e. The molecule has 7 nitrogen and oxygen atoms in total. The van der Waals surface area contributed by atoms with Crippen molar-refractivity contribution in [3.05, 3.63) is 51.8 Å². The van der Waals surface area contributed by atoms with E-state index in [1.165, 1.54) is 25.3 Å². The van der Waals surface area contributed by atoms with Crippen molar-refractivity contribution in [2.45, 2.75) is 0 Å². The lowest BCUT2D eigenvalue weighted by molar-refractivity contribution is -0.384. The Hall–Kier alpha value is -3.16. The zero-order chi connectivity index (χ0) is 16.4. The summed E-state index contributed by atoms with van der Waals surface area (Å²) in [5, 5.41) is 11.0. The molecule has 0 saturated carbocycles. The summed E-state index contributed by atoms with van der Waals surface area (Å²) in [7, 11) is 1.18. The molecule has 4 N–H and O–H groups in total. The maximum atomic E-state index is 13.8. The molecule has 2 aromatic rings. The van der Waals surface area contributed by atoms with Gasteiger partial charge in [-0.1, -0.05) is 6.07 Å². The molecule has 0 heterocycles. The molecule has 114 valence electrons. The van der Waals surface area contributed by atoms with E-state index in [9.17, 15) is 19.3 Å². The average Bonchev–Trinajstić information content (AvgIpc) is 2.48. The molecule has 0 radical (unpaired) electrons. The summed E-state index contributed by atoms with van der Waals surface area (Å²) in [4.78, 5) is 21.9. The Bertz CT molecular complexity index is 777. The number of nitrogens with two attached hydrogens (primary N) is 2. The molecule has 0 fully saturated rings. The molecule has 2 aromatic carbocycles. The highest BCUT2D eigenvalue weighted by Gasteiger charge is 2.22. The van der Waals surface area contributed by atoms with Gasteiger partial charge in [-0.05, 0) is 23.8 Å². The Labute approximate surface area is 124 Å². The minimum Gasteiger partial charge on any atom is -0.465 e. The highest BCUT2D eigenvalue weighted by Crippen LogP contribution is 2.36. The normalized spacial score (nSPS) is 10.3. The van der Waals surface area contributed by atoms with Crippen LogP contribution in [0.5, 0.6) is 0 Å². The number of nitrogen functional groups attached to an aromatic ring is 2.